The number of aliphatic hydroxyl groups excluding tert-OH is 1. The molecule has 0 radical (unpaired) electrons. The van der Waals surface area contributed by atoms with E-state index in [1.54, 1.807) is 25.1 Å². The Labute approximate surface area is 274 Å². The molecule has 1 N–H and O–H groups in total. The molecule has 3 aromatic carbocycles. The van der Waals surface area contributed by atoms with E-state index in [9.17, 15) is 31.5 Å². The first-order valence-corrected chi connectivity index (χ1v) is 15.9. The lowest BCUT2D eigenvalue weighted by Gasteiger charge is -2.42. The molecule has 252 valence electrons. The summed E-state index contributed by atoms with van der Waals surface area (Å²) in [5, 5.41) is 11.0. The highest BCUT2D eigenvalue weighted by Crippen LogP contribution is 2.55. The number of β-amino-alcohol motifs (C(OH)–C–C–N with tert-alkyl or cyclic N) is 1. The van der Waals surface area contributed by atoms with Crippen LogP contribution < -0.4 is 18.5 Å². The van der Waals surface area contributed by atoms with Gasteiger partial charge < -0.3 is 24.2 Å². The van der Waals surface area contributed by atoms with Gasteiger partial charge in [0.2, 0.25) is 5.91 Å². The summed E-state index contributed by atoms with van der Waals surface area (Å²) in [5.74, 6) is -2.79. The fourth-order valence-corrected chi connectivity index (χ4v) is 7.96. The summed E-state index contributed by atoms with van der Waals surface area (Å²) in [6.07, 6.45) is -6.53. The number of methoxy groups -OCH3 is 2. The van der Waals surface area contributed by atoms with Gasteiger partial charge in [-0.25, -0.2) is 12.7 Å². The Morgan fingerprint density at radius 3 is 2.34 bits per heavy atom. The van der Waals surface area contributed by atoms with Crippen molar-refractivity contribution in [3.8, 4) is 17.2 Å². The molecule has 1 fully saturated rings. The number of fused-ring (bicyclic) bond motifs is 1. The minimum absolute atomic E-state index is 0.0000625. The largest absolute Gasteiger partial charge is 0.573 e. The first-order valence-electron chi connectivity index (χ1n) is 14.1. The quantitative estimate of drug-likeness (QED) is 0.371. The van der Waals surface area contributed by atoms with Crippen LogP contribution in [0.15, 0.2) is 59.5 Å². The molecule has 11 nitrogen and oxygen atoms in total. The van der Waals surface area contributed by atoms with Crippen LogP contribution in [0.4, 0.5) is 18.9 Å². The van der Waals surface area contributed by atoms with E-state index in [1.165, 1.54) is 56.3 Å². The van der Waals surface area contributed by atoms with E-state index in [0.29, 0.717) is 9.87 Å². The van der Waals surface area contributed by atoms with Gasteiger partial charge in [-0.1, -0.05) is 23.2 Å². The van der Waals surface area contributed by atoms with Gasteiger partial charge in [0.05, 0.1) is 32.1 Å². The Bertz CT molecular complexity index is 1860. The molecule has 47 heavy (non-hydrogen) atoms. The second-order valence-corrected chi connectivity index (χ2v) is 13.5. The van der Waals surface area contributed by atoms with Crippen LogP contribution in [-0.2, 0) is 25.2 Å². The molecule has 0 bridgehead atoms. The number of rotatable bonds is 8. The summed E-state index contributed by atoms with van der Waals surface area (Å²) in [7, 11) is 0.289. The van der Waals surface area contributed by atoms with Crippen LogP contribution in [-0.4, -0.2) is 88.5 Å². The van der Waals surface area contributed by atoms with Crippen molar-refractivity contribution in [2.24, 2.45) is 0 Å². The van der Waals surface area contributed by atoms with Crippen molar-refractivity contribution in [2.45, 2.75) is 42.3 Å². The van der Waals surface area contributed by atoms with Crippen LogP contribution in [0.3, 0.4) is 0 Å². The first-order chi connectivity index (χ1) is 22.0. The third-order valence-electron chi connectivity index (χ3n) is 8.14. The van der Waals surface area contributed by atoms with E-state index in [-0.39, 0.29) is 46.3 Å². The zero-order chi connectivity index (χ0) is 34.6. The molecular weight excluding hydrogens is 667 g/mol. The molecule has 2 aliphatic heterocycles. The van der Waals surface area contributed by atoms with Crippen molar-refractivity contribution in [3.05, 3.63) is 76.3 Å². The van der Waals surface area contributed by atoms with Gasteiger partial charge in [-0.2, -0.15) is 0 Å². The van der Waals surface area contributed by atoms with Crippen LogP contribution in [0.25, 0.3) is 0 Å². The molecule has 0 saturated carbocycles. The number of carbonyl (C=O) groups excluding carboxylic acids is 2. The number of aliphatic hydroxyl groups is 1. The highest BCUT2D eigenvalue weighted by Gasteiger charge is 2.64. The second kappa shape index (κ2) is 12.2. The summed E-state index contributed by atoms with van der Waals surface area (Å²) in [6.45, 7) is 1.46. The highest BCUT2D eigenvalue weighted by molar-refractivity contribution is 7.93. The molecule has 0 aliphatic carbocycles. The maximum atomic E-state index is 15.3. The van der Waals surface area contributed by atoms with Gasteiger partial charge in [-0.15, -0.1) is 13.2 Å². The lowest BCUT2D eigenvalue weighted by atomic mass is 9.80. The van der Waals surface area contributed by atoms with Gasteiger partial charge in [0.25, 0.3) is 15.9 Å². The molecule has 0 spiro atoms. The number of hydrogen-bond acceptors (Lipinski definition) is 9. The maximum Gasteiger partial charge on any atom is 0.573 e. The smallest absolute Gasteiger partial charge is 0.497 e. The Hall–Kier alpha value is -4.05. The molecule has 2 amide bonds. The van der Waals surface area contributed by atoms with Gasteiger partial charge in [0, 0.05) is 42.9 Å². The summed E-state index contributed by atoms with van der Waals surface area (Å²) in [5.41, 5.74) is -1.67. The van der Waals surface area contributed by atoms with Gasteiger partial charge in [0.15, 0.2) is 11.3 Å². The van der Waals surface area contributed by atoms with E-state index < -0.39 is 56.5 Å². The van der Waals surface area contributed by atoms with Crippen molar-refractivity contribution in [3.63, 3.8) is 0 Å². The summed E-state index contributed by atoms with van der Waals surface area (Å²) in [6, 6.07) is 10.3. The van der Waals surface area contributed by atoms with Crippen LogP contribution >= 0.6 is 11.6 Å². The lowest BCUT2D eigenvalue weighted by molar-refractivity contribution is -0.275. The molecule has 3 aromatic rings. The van der Waals surface area contributed by atoms with E-state index >= 15 is 4.79 Å². The molecule has 3 atom stereocenters. The lowest BCUT2D eigenvalue weighted by Crippen LogP contribution is -2.59. The third-order valence-corrected chi connectivity index (χ3v) is 10.1. The number of hydrogen-bond donors (Lipinski definition) is 1. The topological polar surface area (TPSA) is 126 Å². The normalized spacial score (nSPS) is 21.5. The number of sulfonamides is 1. The van der Waals surface area contributed by atoms with Crippen LogP contribution in [0.5, 0.6) is 17.2 Å². The SMILES string of the molecule is COc1ccc(S(=O)(=O)N2C(=O)C(c3cc(C)ccc3OC)(N3C[C@H](O)C[C@H]3C(=O)N(C)C)c3cc(Cl)ccc32)c(OC(F)(F)F)c1. The number of amides is 2. The standard InChI is InChI=1S/C31H31ClF3N3O8S/c1-17-6-10-25(45-5)22(12-17)30(37-16-19(39)14-24(37)28(40)36(2)3)21-13-18(32)7-9-23(21)38(29(30)41)47(42,43)27-11-8-20(44-4)15-26(27)46-31(33,34)35/h6-13,15,19,24,39H,14,16H2,1-5H3/t19-,24+,30?/m1/s1. The maximum absolute atomic E-state index is 15.3. The van der Waals surface area contributed by atoms with Crippen LogP contribution in [0.1, 0.15) is 23.1 Å². The zero-order valence-electron chi connectivity index (χ0n) is 25.8. The molecule has 0 aromatic heterocycles. The second-order valence-electron chi connectivity index (χ2n) is 11.3. The predicted octanol–water partition coefficient (Wildman–Crippen LogP) is 4.07. The summed E-state index contributed by atoms with van der Waals surface area (Å²) < 4.78 is 84.9. The third kappa shape index (κ3) is 5.75. The van der Waals surface area contributed by atoms with Crippen molar-refractivity contribution < 1.29 is 50.5 Å². The van der Waals surface area contributed by atoms with E-state index in [0.717, 1.165) is 18.2 Å². The number of likely N-dealkylation sites (tertiary alicyclic amines) is 1. The van der Waals surface area contributed by atoms with Crippen molar-refractivity contribution in [1.29, 1.82) is 0 Å². The van der Waals surface area contributed by atoms with E-state index in [4.69, 9.17) is 21.1 Å². The average Bonchev–Trinajstić information content (AvgIpc) is 3.50. The van der Waals surface area contributed by atoms with E-state index in [1.807, 2.05) is 0 Å². The van der Waals surface area contributed by atoms with Crippen molar-refractivity contribution in [1.82, 2.24) is 9.80 Å². The van der Waals surface area contributed by atoms with Gasteiger partial charge in [-0.05, 0) is 55.8 Å². The molecule has 2 heterocycles. The molecule has 16 heteroatoms. The van der Waals surface area contributed by atoms with Gasteiger partial charge >= 0.3 is 6.36 Å². The predicted molar refractivity (Wildman–Crippen MR) is 164 cm³/mol. The Balaban J connectivity index is 1.87. The number of likely N-dealkylation sites (N-methyl/N-ethyl adjacent to an activating group) is 1. The molecule has 1 saturated heterocycles. The number of carbonyl (C=O) groups is 2. The van der Waals surface area contributed by atoms with Gasteiger partial charge in [-0.3, -0.25) is 14.5 Å². The summed E-state index contributed by atoms with van der Waals surface area (Å²) >= 11 is 6.47. The number of alkyl halides is 3. The average molecular weight is 698 g/mol. The van der Waals surface area contributed by atoms with Crippen LogP contribution in [0, 0.1) is 6.92 Å². The molecular formula is C31H31ClF3N3O8S. The monoisotopic (exact) mass is 697 g/mol. The molecule has 1 unspecified atom stereocenters. The fourth-order valence-electron chi connectivity index (χ4n) is 6.23. The zero-order valence-corrected chi connectivity index (χ0v) is 27.4. The van der Waals surface area contributed by atoms with Crippen molar-refractivity contribution in [2.75, 3.05) is 39.2 Å². The molecule has 2 aliphatic rings. The highest BCUT2D eigenvalue weighted by atomic mass is 35.5. The number of ether oxygens (including phenoxy) is 3. The van der Waals surface area contributed by atoms with Crippen LogP contribution in [0.2, 0.25) is 5.02 Å². The number of benzene rings is 3. The first kappa shape index (κ1) is 34.3. The minimum Gasteiger partial charge on any atom is -0.497 e. The number of aryl methyl sites for hydroxylation is 1. The Kier molecular flexibility index (Phi) is 8.90. The minimum atomic E-state index is -5.30. The fraction of sp³-hybridized carbons (Fsp3) is 0.355. The van der Waals surface area contributed by atoms with E-state index in [2.05, 4.69) is 4.74 Å². The Morgan fingerprint density at radius 2 is 1.72 bits per heavy atom. The molecule has 5 rings (SSSR count). The van der Waals surface area contributed by atoms with Gasteiger partial charge in [0.1, 0.15) is 16.4 Å². The number of nitrogens with zero attached hydrogens (tertiary/aromatic N) is 3. The summed E-state index contributed by atoms with van der Waals surface area (Å²) in [4.78, 5) is 30.6. The Morgan fingerprint density at radius 1 is 1.02 bits per heavy atom. The van der Waals surface area contributed by atoms with Crippen molar-refractivity contribution >= 4 is 39.1 Å². The number of anilines is 1. The number of halogens is 4.